The number of hydrogen-bond donors (Lipinski definition) is 0. The fourth-order valence-corrected chi connectivity index (χ4v) is 6.44. The SMILES string of the molecule is COC(=O)c1ccc2c(c1)Oc1ccc(OCc3c(-c4c(Cl)cccc4Cl)noc3C3CC3)cc1S2(=O)=O. The van der Waals surface area contributed by atoms with E-state index in [2.05, 4.69) is 5.16 Å². The van der Waals surface area contributed by atoms with Gasteiger partial charge in [0.15, 0.2) is 0 Å². The molecule has 1 aliphatic heterocycles. The molecule has 1 aromatic heterocycles. The minimum absolute atomic E-state index is 0.0459. The smallest absolute Gasteiger partial charge is 0.337 e. The minimum atomic E-state index is -3.94. The number of halogens is 2. The molecule has 1 fully saturated rings. The Bertz CT molecular complexity index is 1690. The van der Waals surface area contributed by atoms with Crippen molar-refractivity contribution in [3.63, 3.8) is 0 Å². The van der Waals surface area contributed by atoms with Gasteiger partial charge in [-0.05, 0) is 55.3 Å². The Morgan fingerprint density at radius 2 is 1.79 bits per heavy atom. The van der Waals surface area contributed by atoms with Gasteiger partial charge in [-0.15, -0.1) is 0 Å². The van der Waals surface area contributed by atoms with E-state index >= 15 is 0 Å². The van der Waals surface area contributed by atoms with Gasteiger partial charge in [0, 0.05) is 17.5 Å². The monoisotopic (exact) mass is 571 g/mol. The van der Waals surface area contributed by atoms with Gasteiger partial charge in [0.1, 0.15) is 45.1 Å². The molecule has 0 N–H and O–H groups in total. The largest absolute Gasteiger partial charge is 0.489 e. The molecule has 1 saturated carbocycles. The predicted molar refractivity (Wildman–Crippen MR) is 138 cm³/mol. The van der Waals surface area contributed by atoms with E-state index < -0.39 is 15.8 Å². The number of rotatable bonds is 6. The molecular weight excluding hydrogens is 553 g/mol. The molecule has 0 atom stereocenters. The van der Waals surface area contributed by atoms with Gasteiger partial charge >= 0.3 is 5.97 Å². The van der Waals surface area contributed by atoms with Gasteiger partial charge in [0.2, 0.25) is 9.84 Å². The highest BCUT2D eigenvalue weighted by Crippen LogP contribution is 2.47. The Morgan fingerprint density at radius 1 is 1.03 bits per heavy atom. The Labute approximate surface area is 227 Å². The van der Waals surface area contributed by atoms with Crippen LogP contribution in [0.1, 0.15) is 40.4 Å². The molecule has 6 rings (SSSR count). The molecule has 194 valence electrons. The number of hydrogen-bond acceptors (Lipinski definition) is 8. The van der Waals surface area contributed by atoms with Crippen LogP contribution in [0.3, 0.4) is 0 Å². The molecule has 8 nitrogen and oxygen atoms in total. The zero-order valence-electron chi connectivity index (χ0n) is 19.9. The first-order valence-electron chi connectivity index (χ1n) is 11.6. The molecule has 0 unspecified atom stereocenters. The molecule has 1 aliphatic carbocycles. The predicted octanol–water partition coefficient (Wildman–Crippen LogP) is 6.83. The van der Waals surface area contributed by atoms with Crippen LogP contribution in [0.25, 0.3) is 11.3 Å². The molecule has 2 heterocycles. The number of esters is 1. The van der Waals surface area contributed by atoms with Gasteiger partial charge in [-0.25, -0.2) is 13.2 Å². The third-order valence-corrected chi connectivity index (χ3v) is 8.87. The number of carbonyl (C=O) groups is 1. The first-order valence-corrected chi connectivity index (χ1v) is 13.9. The average Bonchev–Trinajstić information content (AvgIpc) is 3.67. The van der Waals surface area contributed by atoms with Crippen molar-refractivity contribution < 1.29 is 31.9 Å². The van der Waals surface area contributed by atoms with E-state index in [0.29, 0.717) is 38.4 Å². The van der Waals surface area contributed by atoms with Crippen molar-refractivity contribution in [3.05, 3.63) is 81.5 Å². The standard InChI is InChI=1S/C27H19Cl2NO7S/c1-34-27(31)15-7-10-22-21(11-15)36-20-9-8-16(12-23(20)38(22,32)33)35-13-17-25(30-37-26(17)14-5-6-14)24-18(28)3-2-4-19(24)29/h2-4,7-12,14H,5-6,13H2,1H3. The van der Waals surface area contributed by atoms with Crippen LogP contribution in [0, 0.1) is 0 Å². The van der Waals surface area contributed by atoms with E-state index in [1.165, 1.54) is 37.4 Å². The highest BCUT2D eigenvalue weighted by Gasteiger charge is 2.35. The van der Waals surface area contributed by atoms with E-state index in [1.54, 1.807) is 24.3 Å². The van der Waals surface area contributed by atoms with E-state index in [4.69, 9.17) is 41.9 Å². The molecule has 0 radical (unpaired) electrons. The van der Waals surface area contributed by atoms with Crippen molar-refractivity contribution >= 4 is 39.0 Å². The maximum Gasteiger partial charge on any atom is 0.337 e. The van der Waals surface area contributed by atoms with Gasteiger partial charge in [0.25, 0.3) is 0 Å². The van der Waals surface area contributed by atoms with Gasteiger partial charge in [-0.1, -0.05) is 34.4 Å². The summed E-state index contributed by atoms with van der Waals surface area (Å²) in [5.41, 5.74) is 1.93. The Morgan fingerprint density at radius 3 is 2.50 bits per heavy atom. The van der Waals surface area contributed by atoms with Crippen molar-refractivity contribution in [1.82, 2.24) is 5.16 Å². The highest BCUT2D eigenvalue weighted by molar-refractivity contribution is 7.91. The summed E-state index contributed by atoms with van der Waals surface area (Å²) in [5.74, 6) is 0.831. The van der Waals surface area contributed by atoms with Gasteiger partial charge in [0.05, 0.1) is 28.3 Å². The maximum absolute atomic E-state index is 13.4. The summed E-state index contributed by atoms with van der Waals surface area (Å²) < 4.78 is 49.0. The maximum atomic E-state index is 13.4. The van der Waals surface area contributed by atoms with Crippen molar-refractivity contribution in [3.8, 4) is 28.5 Å². The van der Waals surface area contributed by atoms with Gasteiger partial charge in [-0.2, -0.15) is 0 Å². The van der Waals surface area contributed by atoms with Crippen LogP contribution in [-0.4, -0.2) is 26.7 Å². The van der Waals surface area contributed by atoms with Crippen molar-refractivity contribution in [2.45, 2.75) is 35.2 Å². The highest BCUT2D eigenvalue weighted by atomic mass is 35.5. The molecule has 11 heteroatoms. The molecule has 0 amide bonds. The topological polar surface area (TPSA) is 105 Å². The second kappa shape index (κ2) is 9.34. The first kappa shape index (κ1) is 24.8. The lowest BCUT2D eigenvalue weighted by atomic mass is 10.0. The first-order chi connectivity index (χ1) is 18.3. The summed E-state index contributed by atoms with van der Waals surface area (Å²) >= 11 is 12.9. The lowest BCUT2D eigenvalue weighted by Gasteiger charge is -2.21. The number of ether oxygens (including phenoxy) is 3. The number of fused-ring (bicyclic) bond motifs is 2. The Hall–Kier alpha value is -3.53. The summed E-state index contributed by atoms with van der Waals surface area (Å²) in [5, 5.41) is 5.11. The Balaban J connectivity index is 1.32. The summed E-state index contributed by atoms with van der Waals surface area (Å²) in [4.78, 5) is 11.8. The number of aromatic nitrogens is 1. The van der Waals surface area contributed by atoms with Crippen LogP contribution in [0.5, 0.6) is 17.2 Å². The normalized spacial score (nSPS) is 15.2. The summed E-state index contributed by atoms with van der Waals surface area (Å²) in [6, 6.07) is 13.8. The number of methoxy groups -OCH3 is 1. The van der Waals surface area contributed by atoms with Crippen LogP contribution in [-0.2, 0) is 21.2 Å². The molecular formula is C27H19Cl2NO7S. The molecule has 0 spiro atoms. The number of benzene rings is 3. The summed E-state index contributed by atoms with van der Waals surface area (Å²) in [6.45, 7) is 0.0605. The third kappa shape index (κ3) is 4.20. The zero-order valence-corrected chi connectivity index (χ0v) is 22.2. The number of carbonyl (C=O) groups excluding carboxylic acids is 1. The molecule has 2 aliphatic rings. The van der Waals surface area contributed by atoms with Crippen LogP contribution in [0.4, 0.5) is 0 Å². The van der Waals surface area contributed by atoms with Crippen LogP contribution in [0.2, 0.25) is 10.0 Å². The van der Waals surface area contributed by atoms with Crippen molar-refractivity contribution in [2.24, 2.45) is 0 Å². The van der Waals surface area contributed by atoms with Gasteiger partial charge < -0.3 is 18.7 Å². The molecule has 38 heavy (non-hydrogen) atoms. The second-order valence-corrected chi connectivity index (χ2v) is 11.6. The van der Waals surface area contributed by atoms with Crippen LogP contribution < -0.4 is 9.47 Å². The molecule has 0 bridgehead atoms. The third-order valence-electron chi connectivity index (χ3n) is 6.43. The fourth-order valence-electron chi connectivity index (χ4n) is 4.37. The van der Waals surface area contributed by atoms with Crippen LogP contribution >= 0.6 is 23.2 Å². The lowest BCUT2D eigenvalue weighted by Crippen LogP contribution is -2.13. The van der Waals surface area contributed by atoms with Crippen LogP contribution in [0.15, 0.2) is 68.9 Å². The van der Waals surface area contributed by atoms with E-state index in [9.17, 15) is 13.2 Å². The second-order valence-electron chi connectivity index (χ2n) is 8.90. The molecule has 0 saturated heterocycles. The fraction of sp³-hybridized carbons (Fsp3) is 0.185. The molecule has 3 aromatic carbocycles. The summed E-state index contributed by atoms with van der Waals surface area (Å²) in [6.07, 6.45) is 1.95. The number of nitrogens with zero attached hydrogens (tertiary/aromatic N) is 1. The van der Waals surface area contributed by atoms with Crippen molar-refractivity contribution in [1.29, 1.82) is 0 Å². The lowest BCUT2D eigenvalue weighted by molar-refractivity contribution is 0.0600. The quantitative estimate of drug-likeness (QED) is 0.204. The van der Waals surface area contributed by atoms with E-state index in [1.807, 2.05) is 0 Å². The minimum Gasteiger partial charge on any atom is -0.489 e. The summed E-state index contributed by atoms with van der Waals surface area (Å²) in [7, 11) is -2.70. The molecule has 4 aromatic rings. The Kier molecular flexibility index (Phi) is 6.09. The number of sulfone groups is 1. The van der Waals surface area contributed by atoms with E-state index in [0.717, 1.165) is 12.8 Å². The van der Waals surface area contributed by atoms with Gasteiger partial charge in [-0.3, -0.25) is 0 Å². The van der Waals surface area contributed by atoms with E-state index in [-0.39, 0.29) is 39.4 Å². The average molecular weight is 572 g/mol. The van der Waals surface area contributed by atoms with Crippen molar-refractivity contribution in [2.75, 3.05) is 7.11 Å². The zero-order chi connectivity index (χ0) is 26.6.